The molecule has 1 aromatic carbocycles. The normalized spacial score (nSPS) is 10.5. The molecule has 0 aliphatic heterocycles. The Labute approximate surface area is 129 Å². The van der Waals surface area contributed by atoms with Crippen LogP contribution in [-0.2, 0) is 0 Å². The van der Waals surface area contributed by atoms with Crippen molar-refractivity contribution in [2.24, 2.45) is 5.73 Å². The van der Waals surface area contributed by atoms with Gasteiger partial charge in [0.25, 0.3) is 5.91 Å². The number of amides is 1. The predicted molar refractivity (Wildman–Crippen MR) is 85.5 cm³/mol. The molecule has 4 N–H and O–H groups in total. The molecule has 6 heteroatoms. The number of ether oxygens (including phenoxy) is 1. The van der Waals surface area contributed by atoms with Gasteiger partial charge in [-0.3, -0.25) is 4.79 Å². The minimum Gasteiger partial charge on any atom is -0.494 e. The third-order valence-corrected chi connectivity index (χ3v) is 3.25. The minimum absolute atomic E-state index is 0.112. The molecule has 116 valence electrons. The molecule has 0 fully saturated rings. The van der Waals surface area contributed by atoms with E-state index in [1.54, 1.807) is 6.92 Å². The van der Waals surface area contributed by atoms with Crippen LogP contribution in [0.15, 0.2) is 24.3 Å². The topological polar surface area (TPSA) is 104 Å². The second-order valence-electron chi connectivity index (χ2n) is 4.98. The Morgan fingerprint density at radius 1 is 1.23 bits per heavy atom. The van der Waals surface area contributed by atoms with Crippen molar-refractivity contribution in [3.63, 3.8) is 0 Å². The zero-order chi connectivity index (χ0) is 16.1. The molecule has 0 saturated carbocycles. The van der Waals surface area contributed by atoms with E-state index in [1.807, 2.05) is 24.3 Å². The number of aromatic nitrogens is 2. The molecule has 0 aliphatic carbocycles. The second kappa shape index (κ2) is 6.89. The maximum atomic E-state index is 11.6. The molecule has 0 saturated heterocycles. The van der Waals surface area contributed by atoms with Crippen molar-refractivity contribution in [1.29, 1.82) is 0 Å². The highest BCUT2D eigenvalue weighted by molar-refractivity contribution is 6.00. The number of nitrogen functional groups attached to an aromatic ring is 1. The lowest BCUT2D eigenvalue weighted by atomic mass is 10.0. The smallest absolute Gasteiger partial charge is 0.252 e. The number of hydrogen-bond acceptors (Lipinski definition) is 5. The molecule has 1 aromatic heterocycles. The quantitative estimate of drug-likeness (QED) is 0.797. The third-order valence-electron chi connectivity index (χ3n) is 3.25. The summed E-state index contributed by atoms with van der Waals surface area (Å²) in [6.07, 6.45) is 2.09. The van der Waals surface area contributed by atoms with Crippen molar-refractivity contribution in [3.8, 4) is 17.0 Å². The number of rotatable bonds is 6. The number of anilines is 1. The summed E-state index contributed by atoms with van der Waals surface area (Å²) in [7, 11) is 0. The van der Waals surface area contributed by atoms with Crippen molar-refractivity contribution in [2.45, 2.75) is 26.7 Å². The largest absolute Gasteiger partial charge is 0.494 e. The molecule has 0 bridgehead atoms. The predicted octanol–water partition coefficient (Wildman–Crippen LogP) is 2.31. The number of carbonyl (C=O) groups is 1. The van der Waals surface area contributed by atoms with Gasteiger partial charge >= 0.3 is 0 Å². The van der Waals surface area contributed by atoms with E-state index in [0.717, 1.165) is 24.2 Å². The van der Waals surface area contributed by atoms with Gasteiger partial charge in [0.2, 0.25) is 5.95 Å². The molecule has 2 aromatic rings. The number of nitrogens with zero attached hydrogens (tertiary/aromatic N) is 2. The Morgan fingerprint density at radius 2 is 1.91 bits per heavy atom. The molecule has 22 heavy (non-hydrogen) atoms. The van der Waals surface area contributed by atoms with Crippen LogP contribution in [0.2, 0.25) is 0 Å². The summed E-state index contributed by atoms with van der Waals surface area (Å²) in [5.41, 5.74) is 13.1. The standard InChI is InChI=1S/C16H20N4O2/c1-3-4-9-22-12-7-5-11(6-8-12)14-13(15(17)21)10(2)19-16(18)20-14/h5-8H,3-4,9H2,1-2H3,(H2,17,21)(H2,18,19,20). The van der Waals surface area contributed by atoms with Crippen molar-refractivity contribution in [1.82, 2.24) is 9.97 Å². The van der Waals surface area contributed by atoms with Gasteiger partial charge in [0.15, 0.2) is 0 Å². The summed E-state index contributed by atoms with van der Waals surface area (Å²) in [5, 5.41) is 0. The van der Waals surface area contributed by atoms with Gasteiger partial charge < -0.3 is 16.2 Å². The number of benzene rings is 1. The summed E-state index contributed by atoms with van der Waals surface area (Å²) in [6.45, 7) is 4.48. The van der Waals surface area contributed by atoms with E-state index in [-0.39, 0.29) is 11.5 Å². The number of hydrogen-bond donors (Lipinski definition) is 2. The summed E-state index contributed by atoms with van der Waals surface area (Å²) in [5.74, 6) is 0.313. The first-order valence-corrected chi connectivity index (χ1v) is 7.20. The number of carbonyl (C=O) groups excluding carboxylic acids is 1. The molecule has 0 spiro atoms. The third kappa shape index (κ3) is 3.52. The number of nitrogens with two attached hydrogens (primary N) is 2. The van der Waals surface area contributed by atoms with E-state index in [9.17, 15) is 4.79 Å². The van der Waals surface area contributed by atoms with Crippen LogP contribution in [0.3, 0.4) is 0 Å². The average Bonchev–Trinajstić information content (AvgIpc) is 2.47. The van der Waals surface area contributed by atoms with E-state index in [2.05, 4.69) is 16.9 Å². The summed E-state index contributed by atoms with van der Waals surface area (Å²) in [4.78, 5) is 19.8. The Hall–Kier alpha value is -2.63. The molecule has 6 nitrogen and oxygen atoms in total. The molecular weight excluding hydrogens is 280 g/mol. The van der Waals surface area contributed by atoms with Crippen LogP contribution in [0.4, 0.5) is 5.95 Å². The fraction of sp³-hybridized carbons (Fsp3) is 0.312. The summed E-state index contributed by atoms with van der Waals surface area (Å²) < 4.78 is 5.61. The van der Waals surface area contributed by atoms with E-state index in [4.69, 9.17) is 16.2 Å². The van der Waals surface area contributed by atoms with Crippen LogP contribution in [0.25, 0.3) is 11.3 Å². The summed E-state index contributed by atoms with van der Waals surface area (Å²) in [6, 6.07) is 7.33. The van der Waals surface area contributed by atoms with E-state index in [1.165, 1.54) is 0 Å². The molecule has 0 aliphatic rings. The van der Waals surface area contributed by atoms with Crippen LogP contribution < -0.4 is 16.2 Å². The van der Waals surface area contributed by atoms with Crippen LogP contribution in [-0.4, -0.2) is 22.5 Å². The zero-order valence-electron chi connectivity index (χ0n) is 12.8. The highest BCUT2D eigenvalue weighted by Gasteiger charge is 2.17. The van der Waals surface area contributed by atoms with Gasteiger partial charge in [0.05, 0.1) is 23.6 Å². The lowest BCUT2D eigenvalue weighted by molar-refractivity contribution is 0.0999. The van der Waals surface area contributed by atoms with Gasteiger partial charge in [0, 0.05) is 5.56 Å². The summed E-state index contributed by atoms with van der Waals surface area (Å²) >= 11 is 0. The van der Waals surface area contributed by atoms with Crippen molar-refractivity contribution < 1.29 is 9.53 Å². The van der Waals surface area contributed by atoms with E-state index >= 15 is 0 Å². The van der Waals surface area contributed by atoms with Crippen molar-refractivity contribution in [2.75, 3.05) is 12.3 Å². The van der Waals surface area contributed by atoms with Crippen LogP contribution in [0.1, 0.15) is 35.8 Å². The lowest BCUT2D eigenvalue weighted by Gasteiger charge is -2.10. The Bertz CT molecular complexity index is 669. The van der Waals surface area contributed by atoms with Gasteiger partial charge in [-0.05, 0) is 37.6 Å². The zero-order valence-corrected chi connectivity index (χ0v) is 12.8. The highest BCUT2D eigenvalue weighted by atomic mass is 16.5. The van der Waals surface area contributed by atoms with Gasteiger partial charge in [-0.1, -0.05) is 13.3 Å². The highest BCUT2D eigenvalue weighted by Crippen LogP contribution is 2.26. The fourth-order valence-electron chi connectivity index (χ4n) is 2.14. The molecule has 0 radical (unpaired) electrons. The first kappa shape index (κ1) is 15.8. The maximum Gasteiger partial charge on any atom is 0.252 e. The van der Waals surface area contributed by atoms with Crippen molar-refractivity contribution in [3.05, 3.63) is 35.5 Å². The Balaban J connectivity index is 2.34. The fourth-order valence-corrected chi connectivity index (χ4v) is 2.14. The first-order chi connectivity index (χ1) is 10.5. The molecular formula is C16H20N4O2. The van der Waals surface area contributed by atoms with Gasteiger partial charge in [-0.25, -0.2) is 9.97 Å². The van der Waals surface area contributed by atoms with Gasteiger partial charge in [-0.15, -0.1) is 0 Å². The molecule has 2 rings (SSSR count). The van der Waals surface area contributed by atoms with Gasteiger partial charge in [-0.2, -0.15) is 0 Å². The minimum atomic E-state index is -0.573. The SMILES string of the molecule is CCCCOc1ccc(-c2nc(N)nc(C)c2C(N)=O)cc1. The maximum absolute atomic E-state index is 11.6. The van der Waals surface area contributed by atoms with E-state index in [0.29, 0.717) is 18.0 Å². The lowest BCUT2D eigenvalue weighted by Crippen LogP contribution is -2.17. The first-order valence-electron chi connectivity index (χ1n) is 7.20. The van der Waals surface area contributed by atoms with E-state index < -0.39 is 5.91 Å². The van der Waals surface area contributed by atoms with Crippen LogP contribution in [0, 0.1) is 6.92 Å². The number of primary amides is 1. The van der Waals surface area contributed by atoms with Crippen molar-refractivity contribution >= 4 is 11.9 Å². The molecule has 0 unspecified atom stereocenters. The molecule has 1 heterocycles. The van der Waals surface area contributed by atoms with Crippen LogP contribution in [0.5, 0.6) is 5.75 Å². The number of aryl methyl sites for hydroxylation is 1. The second-order valence-corrected chi connectivity index (χ2v) is 4.98. The Morgan fingerprint density at radius 3 is 2.50 bits per heavy atom. The van der Waals surface area contributed by atoms with Gasteiger partial charge in [0.1, 0.15) is 5.75 Å². The number of unbranched alkanes of at least 4 members (excludes halogenated alkanes) is 1. The Kier molecular flexibility index (Phi) is 4.93. The van der Waals surface area contributed by atoms with Crippen LogP contribution >= 0.6 is 0 Å². The molecule has 1 amide bonds. The monoisotopic (exact) mass is 300 g/mol. The molecule has 0 atom stereocenters. The average molecular weight is 300 g/mol.